The van der Waals surface area contributed by atoms with Gasteiger partial charge in [0.1, 0.15) is 0 Å². The zero-order valence-electron chi connectivity index (χ0n) is 10.8. The number of carbonyl (C=O) groups excluding carboxylic acids is 1. The summed E-state index contributed by atoms with van der Waals surface area (Å²) in [5.41, 5.74) is 5.81. The summed E-state index contributed by atoms with van der Waals surface area (Å²) in [6.07, 6.45) is 1.62. The standard InChI is InChI=1S/C13H18N2O4/c1-3-6-14-15-13(17)9-19-11-5-4-10(8-16)7-12(11)18-2/h3-5,7,14,16H,1,6,8-9H2,2H3,(H,15,17). The summed E-state index contributed by atoms with van der Waals surface area (Å²) in [4.78, 5) is 11.4. The molecule has 19 heavy (non-hydrogen) atoms. The Kier molecular flexibility index (Phi) is 6.42. The van der Waals surface area contributed by atoms with Crippen LogP contribution in [0.1, 0.15) is 5.56 Å². The minimum Gasteiger partial charge on any atom is -0.493 e. The Morgan fingerprint density at radius 2 is 2.26 bits per heavy atom. The molecule has 1 aromatic rings. The highest BCUT2D eigenvalue weighted by Gasteiger charge is 2.08. The van der Waals surface area contributed by atoms with Crippen LogP contribution in [0, 0.1) is 0 Å². The Morgan fingerprint density at radius 3 is 2.89 bits per heavy atom. The number of methoxy groups -OCH3 is 1. The maximum absolute atomic E-state index is 11.4. The lowest BCUT2D eigenvalue weighted by atomic mass is 10.2. The van der Waals surface area contributed by atoms with Gasteiger partial charge >= 0.3 is 0 Å². The molecule has 1 amide bonds. The molecule has 0 fully saturated rings. The van der Waals surface area contributed by atoms with Gasteiger partial charge in [-0.15, -0.1) is 6.58 Å². The second-order valence-electron chi connectivity index (χ2n) is 3.65. The van der Waals surface area contributed by atoms with E-state index < -0.39 is 0 Å². The van der Waals surface area contributed by atoms with Gasteiger partial charge in [-0.05, 0) is 17.7 Å². The normalized spacial score (nSPS) is 9.79. The first-order valence-corrected chi connectivity index (χ1v) is 5.74. The predicted octanol–water partition coefficient (Wildman–Crippen LogP) is 0.373. The highest BCUT2D eigenvalue weighted by atomic mass is 16.5. The summed E-state index contributed by atoms with van der Waals surface area (Å²) >= 11 is 0. The third-order valence-electron chi connectivity index (χ3n) is 2.24. The molecule has 0 spiro atoms. The molecule has 1 aromatic carbocycles. The van der Waals surface area contributed by atoms with Crippen molar-refractivity contribution in [3.63, 3.8) is 0 Å². The Morgan fingerprint density at radius 1 is 1.47 bits per heavy atom. The number of ether oxygens (including phenoxy) is 2. The molecule has 0 heterocycles. The van der Waals surface area contributed by atoms with Crippen molar-refractivity contribution in [3.8, 4) is 11.5 Å². The molecule has 0 aliphatic rings. The van der Waals surface area contributed by atoms with Crippen molar-refractivity contribution in [3.05, 3.63) is 36.4 Å². The molecule has 0 aliphatic heterocycles. The maximum atomic E-state index is 11.4. The molecule has 0 bridgehead atoms. The zero-order valence-corrected chi connectivity index (χ0v) is 10.8. The average molecular weight is 266 g/mol. The fraction of sp³-hybridized carbons (Fsp3) is 0.308. The van der Waals surface area contributed by atoms with Gasteiger partial charge in [0.05, 0.1) is 13.7 Å². The van der Waals surface area contributed by atoms with Crippen molar-refractivity contribution < 1.29 is 19.4 Å². The van der Waals surface area contributed by atoms with Crippen LogP contribution in [0.25, 0.3) is 0 Å². The number of hydrogen-bond acceptors (Lipinski definition) is 5. The van der Waals surface area contributed by atoms with E-state index in [-0.39, 0.29) is 19.1 Å². The van der Waals surface area contributed by atoms with Crippen molar-refractivity contribution in [2.75, 3.05) is 20.3 Å². The highest BCUT2D eigenvalue weighted by molar-refractivity contribution is 5.77. The van der Waals surface area contributed by atoms with E-state index >= 15 is 0 Å². The van der Waals surface area contributed by atoms with Gasteiger partial charge in [-0.25, -0.2) is 5.43 Å². The highest BCUT2D eigenvalue weighted by Crippen LogP contribution is 2.27. The monoisotopic (exact) mass is 266 g/mol. The quantitative estimate of drug-likeness (QED) is 0.360. The summed E-state index contributed by atoms with van der Waals surface area (Å²) in [6.45, 7) is 3.76. The second-order valence-corrected chi connectivity index (χ2v) is 3.65. The number of carbonyl (C=O) groups is 1. The molecule has 3 N–H and O–H groups in total. The number of aliphatic hydroxyl groups excluding tert-OH is 1. The van der Waals surface area contributed by atoms with E-state index in [1.54, 1.807) is 24.3 Å². The number of hydrazine groups is 1. The third-order valence-corrected chi connectivity index (χ3v) is 2.24. The molecule has 0 aromatic heterocycles. The fourth-order valence-electron chi connectivity index (χ4n) is 1.33. The lowest BCUT2D eigenvalue weighted by Crippen LogP contribution is -2.40. The molecular weight excluding hydrogens is 248 g/mol. The summed E-state index contributed by atoms with van der Waals surface area (Å²) in [6, 6.07) is 5.00. The van der Waals surface area contributed by atoms with Gasteiger partial charge in [-0.2, -0.15) is 0 Å². The van der Waals surface area contributed by atoms with Crippen LogP contribution < -0.4 is 20.3 Å². The van der Waals surface area contributed by atoms with Crippen molar-refractivity contribution in [1.29, 1.82) is 0 Å². The number of nitrogens with one attached hydrogen (secondary N) is 2. The van der Waals surface area contributed by atoms with Gasteiger partial charge in [0.25, 0.3) is 5.91 Å². The molecule has 1 rings (SSSR count). The van der Waals surface area contributed by atoms with Crippen LogP contribution in [0.2, 0.25) is 0 Å². The largest absolute Gasteiger partial charge is 0.493 e. The molecule has 0 unspecified atom stereocenters. The summed E-state index contributed by atoms with van der Waals surface area (Å²) < 4.78 is 10.5. The minimum atomic E-state index is -0.310. The van der Waals surface area contributed by atoms with Crippen molar-refractivity contribution in [2.24, 2.45) is 0 Å². The zero-order chi connectivity index (χ0) is 14.1. The van der Waals surface area contributed by atoms with Crippen molar-refractivity contribution in [2.45, 2.75) is 6.61 Å². The van der Waals surface area contributed by atoms with Crippen LogP contribution in [-0.2, 0) is 11.4 Å². The van der Waals surface area contributed by atoms with Crippen LogP contribution in [-0.4, -0.2) is 31.3 Å². The SMILES string of the molecule is C=CCNNC(=O)COc1ccc(CO)cc1OC. The number of aliphatic hydroxyl groups is 1. The number of hydrogen-bond donors (Lipinski definition) is 3. The van der Waals surface area contributed by atoms with Crippen LogP contribution in [0.3, 0.4) is 0 Å². The Balaban J connectivity index is 2.52. The van der Waals surface area contributed by atoms with Gasteiger partial charge in [-0.1, -0.05) is 12.1 Å². The van der Waals surface area contributed by atoms with E-state index in [9.17, 15) is 4.79 Å². The molecule has 6 heteroatoms. The number of rotatable bonds is 8. The minimum absolute atomic E-state index is 0.0808. The Hall–Kier alpha value is -2.05. The predicted molar refractivity (Wildman–Crippen MR) is 70.8 cm³/mol. The molecule has 0 radical (unpaired) electrons. The fourth-order valence-corrected chi connectivity index (χ4v) is 1.33. The van der Waals surface area contributed by atoms with E-state index in [1.165, 1.54) is 7.11 Å². The van der Waals surface area contributed by atoms with Gasteiger partial charge in [0.2, 0.25) is 0 Å². The molecule has 0 aliphatic carbocycles. The number of amides is 1. The van der Waals surface area contributed by atoms with Gasteiger partial charge in [0.15, 0.2) is 18.1 Å². The smallest absolute Gasteiger partial charge is 0.271 e. The lowest BCUT2D eigenvalue weighted by molar-refractivity contribution is -0.124. The first-order valence-electron chi connectivity index (χ1n) is 5.74. The molecular formula is C13H18N2O4. The van der Waals surface area contributed by atoms with E-state index in [2.05, 4.69) is 17.4 Å². The van der Waals surface area contributed by atoms with Crippen molar-refractivity contribution >= 4 is 5.91 Å². The third kappa shape index (κ3) is 4.99. The first-order chi connectivity index (χ1) is 9.21. The van der Waals surface area contributed by atoms with Crippen molar-refractivity contribution in [1.82, 2.24) is 10.9 Å². The molecule has 6 nitrogen and oxygen atoms in total. The molecule has 104 valence electrons. The second kappa shape index (κ2) is 8.12. The molecule has 0 saturated heterocycles. The summed E-state index contributed by atoms with van der Waals surface area (Å²) in [5, 5.41) is 9.01. The lowest BCUT2D eigenvalue weighted by Gasteiger charge is -2.11. The Bertz CT molecular complexity index is 435. The van der Waals surface area contributed by atoms with Gasteiger partial charge in [-0.3, -0.25) is 10.2 Å². The Labute approximate surface area is 112 Å². The molecule has 0 atom stereocenters. The molecule has 0 saturated carbocycles. The summed E-state index contributed by atoms with van der Waals surface area (Å²) in [7, 11) is 1.50. The topological polar surface area (TPSA) is 79.8 Å². The first kappa shape index (κ1) is 15.0. The number of benzene rings is 1. The van der Waals surface area contributed by atoms with Crippen LogP contribution >= 0.6 is 0 Å². The van der Waals surface area contributed by atoms with Crippen LogP contribution in [0.5, 0.6) is 11.5 Å². The van der Waals surface area contributed by atoms with E-state index in [1.807, 2.05) is 0 Å². The van der Waals surface area contributed by atoms with Crippen LogP contribution in [0.4, 0.5) is 0 Å². The van der Waals surface area contributed by atoms with E-state index in [0.29, 0.717) is 23.6 Å². The van der Waals surface area contributed by atoms with Gasteiger partial charge in [0, 0.05) is 6.54 Å². The summed E-state index contributed by atoms with van der Waals surface area (Å²) in [5.74, 6) is 0.604. The van der Waals surface area contributed by atoms with Gasteiger partial charge < -0.3 is 14.6 Å². The van der Waals surface area contributed by atoms with E-state index in [0.717, 1.165) is 0 Å². The average Bonchev–Trinajstić information content (AvgIpc) is 2.45. The van der Waals surface area contributed by atoms with E-state index in [4.69, 9.17) is 14.6 Å². The van der Waals surface area contributed by atoms with Crippen LogP contribution in [0.15, 0.2) is 30.9 Å². The maximum Gasteiger partial charge on any atom is 0.271 e.